The fourth-order valence-corrected chi connectivity index (χ4v) is 1.46. The van der Waals surface area contributed by atoms with Crippen LogP contribution in [-0.2, 0) is 4.79 Å². The average molecular weight is 181 g/mol. The molecular weight excluding hydrogens is 170 g/mol. The van der Waals surface area contributed by atoms with E-state index in [1.807, 2.05) is 6.07 Å². The Morgan fingerprint density at radius 1 is 1.69 bits per heavy atom. The monoisotopic (exact) mass is 181 g/mol. The molecule has 0 saturated carbocycles. The van der Waals surface area contributed by atoms with Crippen molar-refractivity contribution in [3.8, 4) is 5.75 Å². The average Bonchev–Trinajstić information content (AvgIpc) is 2.71. The van der Waals surface area contributed by atoms with Crippen LogP contribution in [0.25, 0.3) is 0 Å². The molecule has 4 heteroatoms. The summed E-state index contributed by atoms with van der Waals surface area (Å²) < 4.78 is 10.3. The third-order valence-corrected chi connectivity index (χ3v) is 2.21. The standard InChI is InChI=1S/C9H11NO3/c1-12-7-3-8(13-5-7)6-2-9(11)10-4-6/h3,5-6H,2,4H2,1H3,(H,10,11). The lowest BCUT2D eigenvalue weighted by Gasteiger charge is -1.99. The van der Waals surface area contributed by atoms with Crippen molar-refractivity contribution in [2.75, 3.05) is 13.7 Å². The molecule has 4 nitrogen and oxygen atoms in total. The molecule has 1 aliphatic rings. The number of carbonyl (C=O) groups is 1. The number of rotatable bonds is 2. The van der Waals surface area contributed by atoms with Crippen LogP contribution in [0, 0.1) is 0 Å². The van der Waals surface area contributed by atoms with Crippen molar-refractivity contribution < 1.29 is 13.9 Å². The largest absolute Gasteiger partial charge is 0.493 e. The number of hydrogen-bond donors (Lipinski definition) is 1. The van der Waals surface area contributed by atoms with Crippen molar-refractivity contribution >= 4 is 5.91 Å². The third kappa shape index (κ3) is 1.52. The summed E-state index contributed by atoms with van der Waals surface area (Å²) in [6, 6.07) is 1.82. The van der Waals surface area contributed by atoms with Gasteiger partial charge in [-0.05, 0) is 0 Å². The smallest absolute Gasteiger partial charge is 0.220 e. The zero-order chi connectivity index (χ0) is 9.26. The van der Waals surface area contributed by atoms with Gasteiger partial charge in [0.1, 0.15) is 12.0 Å². The summed E-state index contributed by atoms with van der Waals surface area (Å²) in [7, 11) is 1.59. The lowest BCUT2D eigenvalue weighted by Crippen LogP contribution is -2.13. The summed E-state index contributed by atoms with van der Waals surface area (Å²) in [5.74, 6) is 1.77. The molecule has 1 aromatic heterocycles. The molecule has 1 aromatic rings. The van der Waals surface area contributed by atoms with Crippen molar-refractivity contribution in [2.45, 2.75) is 12.3 Å². The second-order valence-corrected chi connectivity index (χ2v) is 3.09. The molecule has 0 bridgehead atoms. The van der Waals surface area contributed by atoms with Gasteiger partial charge in [-0.25, -0.2) is 0 Å². The van der Waals surface area contributed by atoms with E-state index in [2.05, 4.69) is 5.32 Å². The van der Waals surface area contributed by atoms with Crippen LogP contribution in [0.3, 0.4) is 0 Å². The van der Waals surface area contributed by atoms with Crippen LogP contribution in [0.15, 0.2) is 16.7 Å². The SMILES string of the molecule is COc1coc(C2CNC(=O)C2)c1. The Bertz CT molecular complexity index is 318. The van der Waals surface area contributed by atoms with Crippen LogP contribution >= 0.6 is 0 Å². The predicted octanol–water partition coefficient (Wildman–Crippen LogP) is 0.892. The van der Waals surface area contributed by atoms with Crippen LogP contribution in [0.4, 0.5) is 0 Å². The van der Waals surface area contributed by atoms with Gasteiger partial charge in [-0.2, -0.15) is 0 Å². The summed E-state index contributed by atoms with van der Waals surface area (Å²) in [5.41, 5.74) is 0. The van der Waals surface area contributed by atoms with E-state index in [0.717, 1.165) is 5.76 Å². The van der Waals surface area contributed by atoms with Gasteiger partial charge in [0, 0.05) is 24.9 Å². The van der Waals surface area contributed by atoms with Gasteiger partial charge >= 0.3 is 0 Å². The summed E-state index contributed by atoms with van der Waals surface area (Å²) in [6.45, 7) is 0.662. The lowest BCUT2D eigenvalue weighted by molar-refractivity contribution is -0.119. The number of amides is 1. The van der Waals surface area contributed by atoms with Crippen molar-refractivity contribution in [1.29, 1.82) is 0 Å². The fraction of sp³-hybridized carbons (Fsp3) is 0.444. The van der Waals surface area contributed by atoms with Gasteiger partial charge in [-0.15, -0.1) is 0 Å². The number of carbonyl (C=O) groups excluding carboxylic acids is 1. The Balaban J connectivity index is 2.12. The normalized spacial score (nSPS) is 21.6. The molecule has 0 spiro atoms. The maximum absolute atomic E-state index is 10.9. The molecule has 2 rings (SSSR count). The fourth-order valence-electron chi connectivity index (χ4n) is 1.46. The van der Waals surface area contributed by atoms with Crippen LogP contribution in [-0.4, -0.2) is 19.6 Å². The zero-order valence-electron chi connectivity index (χ0n) is 7.37. The highest BCUT2D eigenvalue weighted by atomic mass is 16.5. The van der Waals surface area contributed by atoms with E-state index in [1.165, 1.54) is 0 Å². The second kappa shape index (κ2) is 3.12. The summed E-state index contributed by atoms with van der Waals surface area (Å²) in [4.78, 5) is 10.9. The molecule has 1 amide bonds. The molecule has 1 aliphatic heterocycles. The van der Waals surface area contributed by atoms with Crippen LogP contribution in [0.1, 0.15) is 18.1 Å². The summed E-state index contributed by atoms with van der Waals surface area (Å²) in [6.07, 6.45) is 2.06. The van der Waals surface area contributed by atoms with E-state index in [1.54, 1.807) is 13.4 Å². The number of furan rings is 1. The topological polar surface area (TPSA) is 51.5 Å². The summed E-state index contributed by atoms with van der Waals surface area (Å²) in [5, 5.41) is 2.76. The number of methoxy groups -OCH3 is 1. The van der Waals surface area contributed by atoms with Crippen LogP contribution in [0.5, 0.6) is 5.75 Å². The Morgan fingerprint density at radius 2 is 2.54 bits per heavy atom. The van der Waals surface area contributed by atoms with Crippen LogP contribution in [0.2, 0.25) is 0 Å². The highest BCUT2D eigenvalue weighted by molar-refractivity contribution is 5.79. The van der Waals surface area contributed by atoms with E-state index < -0.39 is 0 Å². The molecule has 13 heavy (non-hydrogen) atoms. The molecule has 2 heterocycles. The zero-order valence-corrected chi connectivity index (χ0v) is 7.37. The lowest BCUT2D eigenvalue weighted by atomic mass is 10.1. The molecule has 70 valence electrons. The molecule has 1 atom stereocenters. The van der Waals surface area contributed by atoms with E-state index in [0.29, 0.717) is 18.7 Å². The van der Waals surface area contributed by atoms with Gasteiger partial charge in [0.25, 0.3) is 0 Å². The maximum atomic E-state index is 10.9. The first-order chi connectivity index (χ1) is 6.29. The molecule has 0 radical (unpaired) electrons. The van der Waals surface area contributed by atoms with Gasteiger partial charge in [0.2, 0.25) is 5.91 Å². The van der Waals surface area contributed by atoms with E-state index >= 15 is 0 Å². The molecule has 0 aromatic carbocycles. The van der Waals surface area contributed by atoms with Gasteiger partial charge in [0.15, 0.2) is 5.75 Å². The quantitative estimate of drug-likeness (QED) is 0.737. The van der Waals surface area contributed by atoms with E-state index in [9.17, 15) is 4.79 Å². The Hall–Kier alpha value is -1.45. The van der Waals surface area contributed by atoms with Crippen molar-refractivity contribution in [1.82, 2.24) is 5.32 Å². The number of nitrogens with one attached hydrogen (secondary N) is 1. The molecule has 1 fully saturated rings. The number of ether oxygens (including phenoxy) is 1. The van der Waals surface area contributed by atoms with Crippen molar-refractivity contribution in [2.24, 2.45) is 0 Å². The van der Waals surface area contributed by atoms with E-state index in [-0.39, 0.29) is 11.8 Å². The van der Waals surface area contributed by atoms with Gasteiger partial charge < -0.3 is 14.5 Å². The van der Waals surface area contributed by atoms with Crippen molar-refractivity contribution in [3.05, 3.63) is 18.1 Å². The second-order valence-electron chi connectivity index (χ2n) is 3.09. The first kappa shape index (κ1) is 8.16. The molecule has 1 unspecified atom stereocenters. The van der Waals surface area contributed by atoms with Crippen molar-refractivity contribution in [3.63, 3.8) is 0 Å². The first-order valence-corrected chi connectivity index (χ1v) is 4.18. The van der Waals surface area contributed by atoms with Gasteiger partial charge in [0.05, 0.1) is 7.11 Å². The Morgan fingerprint density at radius 3 is 3.08 bits per heavy atom. The highest BCUT2D eigenvalue weighted by Gasteiger charge is 2.25. The minimum absolute atomic E-state index is 0.0837. The van der Waals surface area contributed by atoms with E-state index in [4.69, 9.17) is 9.15 Å². The molecular formula is C9H11NO3. The first-order valence-electron chi connectivity index (χ1n) is 4.18. The summed E-state index contributed by atoms with van der Waals surface area (Å²) >= 11 is 0. The Labute approximate surface area is 75.9 Å². The minimum atomic E-state index is 0.0837. The Kier molecular flexibility index (Phi) is 1.96. The maximum Gasteiger partial charge on any atom is 0.220 e. The minimum Gasteiger partial charge on any atom is -0.493 e. The van der Waals surface area contributed by atoms with Gasteiger partial charge in [-0.1, -0.05) is 0 Å². The number of hydrogen-bond acceptors (Lipinski definition) is 3. The molecule has 1 saturated heterocycles. The molecule has 1 N–H and O–H groups in total. The molecule has 0 aliphatic carbocycles. The van der Waals surface area contributed by atoms with Crippen LogP contribution < -0.4 is 10.1 Å². The van der Waals surface area contributed by atoms with Gasteiger partial charge in [-0.3, -0.25) is 4.79 Å². The highest BCUT2D eigenvalue weighted by Crippen LogP contribution is 2.27. The third-order valence-electron chi connectivity index (χ3n) is 2.21. The predicted molar refractivity (Wildman–Crippen MR) is 45.6 cm³/mol.